The lowest BCUT2D eigenvalue weighted by Crippen LogP contribution is -2.47. The first-order valence-electron chi connectivity index (χ1n) is 16.5. The Kier molecular flexibility index (Phi) is 10.3. The fourth-order valence-corrected chi connectivity index (χ4v) is 9.99. The largest absolute Gasteiger partial charge is 0.491 e. The normalized spacial score (nSPS) is 21.3. The number of aliphatic hydroxyl groups excluding tert-OH is 2. The van der Waals surface area contributed by atoms with Crippen LogP contribution in [0.5, 0.6) is 5.75 Å². The van der Waals surface area contributed by atoms with Crippen molar-refractivity contribution in [3.63, 3.8) is 0 Å². The van der Waals surface area contributed by atoms with Crippen LogP contribution in [0.3, 0.4) is 0 Å². The lowest BCUT2D eigenvalue weighted by molar-refractivity contribution is -0.0312. The summed E-state index contributed by atoms with van der Waals surface area (Å²) >= 11 is 0. The molecular formula is C35H45N3O8S2. The maximum Gasteiger partial charge on any atom is 0.243 e. The van der Waals surface area contributed by atoms with Gasteiger partial charge in [0.1, 0.15) is 18.5 Å². The number of nitrogens with zero attached hydrogens (tertiary/aromatic N) is 1. The summed E-state index contributed by atoms with van der Waals surface area (Å²) in [6, 6.07) is 21.3. The van der Waals surface area contributed by atoms with Gasteiger partial charge < -0.3 is 30.7 Å². The Balaban J connectivity index is 0.973. The van der Waals surface area contributed by atoms with Crippen molar-refractivity contribution in [3.05, 3.63) is 78.4 Å². The van der Waals surface area contributed by atoms with Crippen molar-refractivity contribution in [1.29, 1.82) is 0 Å². The molecule has 2 atom stereocenters. The minimum Gasteiger partial charge on any atom is -0.491 e. The predicted molar refractivity (Wildman–Crippen MR) is 182 cm³/mol. The number of aliphatic hydroxyl groups is 2. The first-order chi connectivity index (χ1) is 23.0. The molecule has 3 aromatic rings. The standard InChI is InChI=1S/C35H45N3O8S2/c36-16-11-26-7-9-27(10-8-26)28-3-1-6-33(19-28)48(43,44)38-17-14-34(15-18-38)21-29(23-46-34)37-22-30(40)24-45-31-4-2-5-32(20-31)47(41,42)35(25-39)12-13-35/h1-10,19-20,29-30,37,39-40H,11-18,21-25,36H2/t29-,30-/m0/s1. The molecule has 2 saturated heterocycles. The van der Waals surface area contributed by atoms with Gasteiger partial charge in [-0.1, -0.05) is 42.5 Å². The molecule has 0 bridgehead atoms. The van der Waals surface area contributed by atoms with Crippen LogP contribution in [0.1, 0.15) is 37.7 Å². The molecule has 2 aliphatic heterocycles. The van der Waals surface area contributed by atoms with E-state index in [4.69, 9.17) is 15.2 Å². The molecule has 48 heavy (non-hydrogen) atoms. The van der Waals surface area contributed by atoms with Crippen LogP contribution in [0.25, 0.3) is 11.1 Å². The lowest BCUT2D eigenvalue weighted by atomic mass is 9.88. The molecular weight excluding hydrogens is 655 g/mol. The van der Waals surface area contributed by atoms with Gasteiger partial charge in [0.15, 0.2) is 9.84 Å². The van der Waals surface area contributed by atoms with E-state index in [2.05, 4.69) is 5.32 Å². The topological polar surface area (TPSA) is 168 Å². The van der Waals surface area contributed by atoms with Gasteiger partial charge in [0.05, 0.1) is 33.4 Å². The van der Waals surface area contributed by atoms with Crippen LogP contribution in [0, 0.1) is 0 Å². The number of hydrogen-bond acceptors (Lipinski definition) is 10. The van der Waals surface area contributed by atoms with E-state index in [0.717, 1.165) is 23.1 Å². The number of piperidine rings is 1. The summed E-state index contributed by atoms with van der Waals surface area (Å²) < 4.78 is 65.5. The van der Waals surface area contributed by atoms with E-state index >= 15 is 0 Å². The Morgan fingerprint density at radius 3 is 2.33 bits per heavy atom. The summed E-state index contributed by atoms with van der Waals surface area (Å²) in [5, 5.41) is 23.5. The van der Waals surface area contributed by atoms with Crippen LogP contribution < -0.4 is 15.8 Å². The average Bonchev–Trinajstić information content (AvgIpc) is 3.83. The Morgan fingerprint density at radius 1 is 0.938 bits per heavy atom. The van der Waals surface area contributed by atoms with Crippen LogP contribution in [-0.4, -0.2) is 99.8 Å². The first-order valence-corrected chi connectivity index (χ1v) is 19.4. The molecule has 5 N–H and O–H groups in total. The van der Waals surface area contributed by atoms with Gasteiger partial charge in [-0.05, 0) is 92.1 Å². The number of nitrogens with one attached hydrogen (secondary N) is 1. The molecule has 6 rings (SSSR count). The Morgan fingerprint density at radius 2 is 1.65 bits per heavy atom. The molecule has 0 unspecified atom stereocenters. The Bertz CT molecular complexity index is 1790. The summed E-state index contributed by atoms with van der Waals surface area (Å²) in [5.41, 5.74) is 8.17. The van der Waals surface area contributed by atoms with Crippen molar-refractivity contribution in [2.75, 3.05) is 46.0 Å². The zero-order valence-electron chi connectivity index (χ0n) is 27.0. The number of sulfone groups is 1. The summed E-state index contributed by atoms with van der Waals surface area (Å²) in [6.45, 7) is 1.56. The smallest absolute Gasteiger partial charge is 0.243 e. The van der Waals surface area contributed by atoms with E-state index in [1.54, 1.807) is 34.6 Å². The highest BCUT2D eigenvalue weighted by Gasteiger charge is 2.54. The third-order valence-electron chi connectivity index (χ3n) is 9.90. The van der Waals surface area contributed by atoms with Crippen LogP contribution in [0.4, 0.5) is 0 Å². The zero-order valence-corrected chi connectivity index (χ0v) is 28.6. The Hall–Kier alpha value is -2.88. The average molecular weight is 700 g/mol. The number of ether oxygens (including phenoxy) is 2. The third-order valence-corrected chi connectivity index (χ3v) is 14.3. The van der Waals surface area contributed by atoms with Crippen LogP contribution in [0.15, 0.2) is 82.6 Å². The van der Waals surface area contributed by atoms with E-state index in [1.807, 2.05) is 30.3 Å². The summed E-state index contributed by atoms with van der Waals surface area (Å²) in [5.74, 6) is 0.331. The highest BCUT2D eigenvalue weighted by atomic mass is 32.2. The van der Waals surface area contributed by atoms with E-state index < -0.39 is 42.9 Å². The number of sulfonamides is 1. The fraction of sp³-hybridized carbons (Fsp3) is 0.486. The van der Waals surface area contributed by atoms with Crippen molar-refractivity contribution in [2.45, 2.75) is 70.8 Å². The van der Waals surface area contributed by atoms with Crippen LogP contribution >= 0.6 is 0 Å². The zero-order chi connectivity index (χ0) is 34.0. The van der Waals surface area contributed by atoms with Gasteiger partial charge >= 0.3 is 0 Å². The highest BCUT2D eigenvalue weighted by Crippen LogP contribution is 2.46. The first kappa shape index (κ1) is 35.0. The maximum atomic E-state index is 13.6. The predicted octanol–water partition coefficient (Wildman–Crippen LogP) is 2.50. The van der Waals surface area contributed by atoms with E-state index in [9.17, 15) is 27.0 Å². The van der Waals surface area contributed by atoms with Gasteiger partial charge in [-0.15, -0.1) is 0 Å². The molecule has 13 heteroatoms. The molecule has 11 nitrogen and oxygen atoms in total. The molecule has 0 aromatic heterocycles. The summed E-state index contributed by atoms with van der Waals surface area (Å²) in [4.78, 5) is 0.375. The molecule has 3 aromatic carbocycles. The van der Waals surface area contributed by atoms with E-state index in [-0.39, 0.29) is 29.0 Å². The van der Waals surface area contributed by atoms with Crippen molar-refractivity contribution in [1.82, 2.24) is 9.62 Å². The second-order valence-corrected chi connectivity index (χ2v) is 17.5. The molecule has 3 aliphatic rings. The van der Waals surface area contributed by atoms with Gasteiger partial charge in [0.2, 0.25) is 10.0 Å². The van der Waals surface area contributed by atoms with Crippen LogP contribution in [-0.2, 0) is 31.0 Å². The van der Waals surface area contributed by atoms with Gasteiger partial charge in [-0.2, -0.15) is 4.31 Å². The minimum atomic E-state index is -3.68. The van der Waals surface area contributed by atoms with Crippen LogP contribution in [0.2, 0.25) is 0 Å². The highest BCUT2D eigenvalue weighted by molar-refractivity contribution is 7.93. The quantitative estimate of drug-likeness (QED) is 0.196. The number of hydrogen-bond donors (Lipinski definition) is 4. The molecule has 1 aliphatic carbocycles. The molecule has 260 valence electrons. The molecule has 0 radical (unpaired) electrons. The minimum absolute atomic E-state index is 0.00240. The molecule has 1 saturated carbocycles. The van der Waals surface area contributed by atoms with Gasteiger partial charge in [-0.3, -0.25) is 0 Å². The van der Waals surface area contributed by atoms with Gasteiger partial charge in [0.25, 0.3) is 0 Å². The van der Waals surface area contributed by atoms with Crippen molar-refractivity contribution in [3.8, 4) is 16.9 Å². The molecule has 3 fully saturated rings. The van der Waals surface area contributed by atoms with Gasteiger partial charge in [0, 0.05) is 25.7 Å². The lowest BCUT2D eigenvalue weighted by Gasteiger charge is -2.38. The number of nitrogens with two attached hydrogens (primary N) is 1. The van der Waals surface area contributed by atoms with Crippen molar-refractivity contribution >= 4 is 19.9 Å². The summed E-state index contributed by atoms with van der Waals surface area (Å²) in [6.07, 6.45) is 2.68. The maximum absolute atomic E-state index is 13.6. The van der Waals surface area contributed by atoms with Crippen molar-refractivity contribution in [2.24, 2.45) is 5.73 Å². The second-order valence-electron chi connectivity index (χ2n) is 13.3. The monoisotopic (exact) mass is 699 g/mol. The Labute approximate surface area is 283 Å². The number of rotatable bonds is 14. The van der Waals surface area contributed by atoms with Gasteiger partial charge in [-0.25, -0.2) is 16.8 Å². The van der Waals surface area contributed by atoms with E-state index in [0.29, 0.717) is 64.1 Å². The van der Waals surface area contributed by atoms with E-state index in [1.165, 1.54) is 12.1 Å². The molecule has 1 spiro atoms. The number of benzene rings is 3. The SMILES string of the molecule is NCCc1ccc(-c2cccc(S(=O)(=O)N3CCC4(CC3)C[C@H](NC[C@H](O)COc3cccc(S(=O)(=O)C5(CO)CC5)c3)CO4)c2)cc1. The summed E-state index contributed by atoms with van der Waals surface area (Å²) in [7, 11) is -7.36. The fourth-order valence-electron chi connectivity index (χ4n) is 6.66. The van der Waals surface area contributed by atoms with Crippen molar-refractivity contribution < 1.29 is 36.5 Å². The third kappa shape index (κ3) is 7.34. The second kappa shape index (κ2) is 14.2. The molecule has 0 amide bonds. The molecule has 2 heterocycles.